The van der Waals surface area contributed by atoms with Gasteiger partial charge < -0.3 is 9.47 Å². The van der Waals surface area contributed by atoms with Gasteiger partial charge in [-0.25, -0.2) is 14.8 Å². The number of carbonyl (C=O) groups is 2. The van der Waals surface area contributed by atoms with Crippen molar-refractivity contribution in [2.24, 2.45) is 0 Å². The van der Waals surface area contributed by atoms with E-state index in [4.69, 9.17) is 9.47 Å². The van der Waals surface area contributed by atoms with Gasteiger partial charge in [-0.05, 0) is 13.0 Å². The summed E-state index contributed by atoms with van der Waals surface area (Å²) in [6.45, 7) is 1.44. The Balaban J connectivity index is 1.83. The van der Waals surface area contributed by atoms with Crippen LogP contribution in [0.1, 0.15) is 16.1 Å². The number of nitrogens with zero attached hydrogens (tertiary/aromatic N) is 2. The first-order valence-electron chi connectivity index (χ1n) is 5.97. The zero-order chi connectivity index (χ0) is 15.2. The number of hydrogen-bond donors (Lipinski definition) is 1. The van der Waals surface area contributed by atoms with Crippen LogP contribution in [0.15, 0.2) is 23.7 Å². The van der Waals surface area contributed by atoms with E-state index >= 15 is 0 Å². The predicted molar refractivity (Wildman–Crippen MR) is 76.6 cm³/mol. The van der Waals surface area contributed by atoms with Gasteiger partial charge in [0.2, 0.25) is 5.88 Å². The van der Waals surface area contributed by atoms with E-state index < -0.39 is 11.9 Å². The highest BCUT2D eigenvalue weighted by atomic mass is 32.1. The number of ether oxygens (including phenoxy) is 2. The summed E-state index contributed by atoms with van der Waals surface area (Å²) in [4.78, 5) is 31.3. The number of anilines is 1. The van der Waals surface area contributed by atoms with Crippen molar-refractivity contribution in [1.29, 1.82) is 0 Å². The molecule has 2 aromatic heterocycles. The number of nitrogens with one attached hydrogen (secondary N) is 1. The average molecular weight is 307 g/mol. The standard InChI is InChI=1S/C13H13N3O4S/c1-8-7-21-13(15-8)16-10(17)6-20-12(18)9-3-4-11(19-2)14-5-9/h3-5,7H,6H2,1-2H3,(H,15,16,17). The van der Waals surface area contributed by atoms with Crippen molar-refractivity contribution in [3.05, 3.63) is 35.0 Å². The molecular weight excluding hydrogens is 294 g/mol. The second-order valence-electron chi connectivity index (χ2n) is 4.01. The number of methoxy groups -OCH3 is 1. The SMILES string of the molecule is COc1ccc(C(=O)OCC(=O)Nc2nc(C)cs2)cn1. The van der Waals surface area contributed by atoms with E-state index in [1.54, 1.807) is 0 Å². The second kappa shape index (κ2) is 6.80. The first-order chi connectivity index (χ1) is 10.1. The van der Waals surface area contributed by atoms with Crippen LogP contribution in [0.5, 0.6) is 5.88 Å². The summed E-state index contributed by atoms with van der Waals surface area (Å²) < 4.78 is 9.77. The van der Waals surface area contributed by atoms with Gasteiger partial charge in [0.1, 0.15) is 0 Å². The zero-order valence-corrected chi connectivity index (χ0v) is 12.3. The van der Waals surface area contributed by atoms with E-state index in [0.717, 1.165) is 5.69 Å². The molecule has 0 aliphatic rings. The molecule has 0 aliphatic carbocycles. The van der Waals surface area contributed by atoms with Crippen LogP contribution in [0.3, 0.4) is 0 Å². The Kier molecular flexibility index (Phi) is 4.83. The van der Waals surface area contributed by atoms with Crippen molar-refractivity contribution in [1.82, 2.24) is 9.97 Å². The molecule has 0 saturated heterocycles. The fraction of sp³-hybridized carbons (Fsp3) is 0.231. The minimum absolute atomic E-state index is 0.244. The molecule has 0 radical (unpaired) electrons. The Morgan fingerprint density at radius 3 is 2.76 bits per heavy atom. The summed E-state index contributed by atoms with van der Waals surface area (Å²) in [5.74, 6) is -0.682. The second-order valence-corrected chi connectivity index (χ2v) is 4.87. The molecule has 7 nitrogen and oxygen atoms in total. The number of esters is 1. The molecule has 0 aromatic carbocycles. The number of amides is 1. The molecule has 21 heavy (non-hydrogen) atoms. The van der Waals surface area contributed by atoms with Crippen LogP contribution >= 0.6 is 11.3 Å². The molecule has 0 atom stereocenters. The summed E-state index contributed by atoms with van der Waals surface area (Å²) in [6, 6.07) is 3.05. The lowest BCUT2D eigenvalue weighted by Crippen LogP contribution is -2.20. The molecule has 0 saturated carbocycles. The molecule has 2 heterocycles. The number of pyridine rings is 1. The number of aryl methyl sites for hydroxylation is 1. The van der Waals surface area contributed by atoms with Crippen molar-refractivity contribution in [2.75, 3.05) is 19.0 Å². The number of hydrogen-bond acceptors (Lipinski definition) is 7. The van der Waals surface area contributed by atoms with Gasteiger partial charge in [-0.2, -0.15) is 0 Å². The van der Waals surface area contributed by atoms with E-state index in [1.165, 1.54) is 36.8 Å². The number of aromatic nitrogens is 2. The fourth-order valence-electron chi connectivity index (χ4n) is 1.40. The van der Waals surface area contributed by atoms with E-state index in [0.29, 0.717) is 11.0 Å². The highest BCUT2D eigenvalue weighted by molar-refractivity contribution is 7.13. The third kappa shape index (κ3) is 4.25. The van der Waals surface area contributed by atoms with Crippen LogP contribution in [0.2, 0.25) is 0 Å². The van der Waals surface area contributed by atoms with E-state index in [9.17, 15) is 9.59 Å². The molecule has 2 aromatic rings. The molecule has 0 aliphatic heterocycles. The van der Waals surface area contributed by atoms with Crippen LogP contribution in [0.4, 0.5) is 5.13 Å². The van der Waals surface area contributed by atoms with Gasteiger partial charge in [-0.15, -0.1) is 11.3 Å². The topological polar surface area (TPSA) is 90.4 Å². The lowest BCUT2D eigenvalue weighted by atomic mass is 10.3. The largest absolute Gasteiger partial charge is 0.481 e. The van der Waals surface area contributed by atoms with Crippen LogP contribution in [-0.2, 0) is 9.53 Å². The number of carbonyl (C=O) groups excluding carboxylic acids is 2. The highest BCUT2D eigenvalue weighted by Crippen LogP contribution is 2.14. The van der Waals surface area contributed by atoms with Gasteiger partial charge >= 0.3 is 5.97 Å². The third-order valence-corrected chi connectivity index (χ3v) is 3.26. The molecule has 2 rings (SSSR count). The van der Waals surface area contributed by atoms with Gasteiger partial charge in [-0.1, -0.05) is 0 Å². The van der Waals surface area contributed by atoms with Gasteiger partial charge in [0.05, 0.1) is 18.4 Å². The minimum atomic E-state index is -0.629. The average Bonchev–Trinajstić information content (AvgIpc) is 2.90. The first kappa shape index (κ1) is 14.9. The van der Waals surface area contributed by atoms with E-state index in [-0.39, 0.29) is 12.2 Å². The Morgan fingerprint density at radius 2 is 2.19 bits per heavy atom. The van der Waals surface area contributed by atoms with Crippen molar-refractivity contribution in [3.8, 4) is 5.88 Å². The van der Waals surface area contributed by atoms with Gasteiger partial charge in [-0.3, -0.25) is 10.1 Å². The molecule has 8 heteroatoms. The monoisotopic (exact) mass is 307 g/mol. The molecule has 110 valence electrons. The lowest BCUT2D eigenvalue weighted by molar-refractivity contribution is -0.119. The number of rotatable bonds is 5. The predicted octanol–water partition coefficient (Wildman–Crippen LogP) is 1.65. The maximum Gasteiger partial charge on any atom is 0.340 e. The third-order valence-electron chi connectivity index (χ3n) is 2.38. The van der Waals surface area contributed by atoms with Gasteiger partial charge in [0.15, 0.2) is 11.7 Å². The fourth-order valence-corrected chi connectivity index (χ4v) is 2.11. The molecule has 0 unspecified atom stereocenters. The maximum atomic E-state index is 11.7. The Hall–Kier alpha value is -2.48. The van der Waals surface area contributed by atoms with Crippen molar-refractivity contribution in [2.45, 2.75) is 6.92 Å². The summed E-state index contributed by atoms with van der Waals surface area (Å²) in [7, 11) is 1.48. The van der Waals surface area contributed by atoms with E-state index in [2.05, 4.69) is 15.3 Å². The van der Waals surface area contributed by atoms with Crippen molar-refractivity contribution >= 4 is 28.3 Å². The maximum absolute atomic E-state index is 11.7. The molecule has 1 amide bonds. The Morgan fingerprint density at radius 1 is 1.38 bits per heavy atom. The zero-order valence-electron chi connectivity index (χ0n) is 11.5. The normalized spacial score (nSPS) is 10.0. The van der Waals surface area contributed by atoms with Crippen LogP contribution in [0, 0.1) is 6.92 Å². The lowest BCUT2D eigenvalue weighted by Gasteiger charge is -2.05. The Labute approximate surface area is 124 Å². The highest BCUT2D eigenvalue weighted by Gasteiger charge is 2.12. The summed E-state index contributed by atoms with van der Waals surface area (Å²) in [5.41, 5.74) is 1.06. The van der Waals surface area contributed by atoms with Crippen LogP contribution < -0.4 is 10.1 Å². The van der Waals surface area contributed by atoms with Crippen molar-refractivity contribution in [3.63, 3.8) is 0 Å². The quantitative estimate of drug-likeness (QED) is 0.845. The van der Waals surface area contributed by atoms with Crippen LogP contribution in [-0.4, -0.2) is 35.6 Å². The Bertz CT molecular complexity index is 639. The molecule has 0 fully saturated rings. The smallest absolute Gasteiger partial charge is 0.340 e. The first-order valence-corrected chi connectivity index (χ1v) is 6.85. The molecule has 0 bridgehead atoms. The summed E-state index contributed by atoms with van der Waals surface area (Å²) in [5, 5.41) is 4.83. The van der Waals surface area contributed by atoms with Gasteiger partial charge in [0.25, 0.3) is 5.91 Å². The van der Waals surface area contributed by atoms with Crippen molar-refractivity contribution < 1.29 is 19.1 Å². The van der Waals surface area contributed by atoms with Crippen LogP contribution in [0.25, 0.3) is 0 Å². The summed E-state index contributed by atoms with van der Waals surface area (Å²) in [6.07, 6.45) is 1.32. The molecule has 1 N–H and O–H groups in total. The summed E-state index contributed by atoms with van der Waals surface area (Å²) >= 11 is 1.31. The molecule has 0 spiro atoms. The number of thiazole rings is 1. The van der Waals surface area contributed by atoms with E-state index in [1.807, 2.05) is 12.3 Å². The van der Waals surface area contributed by atoms with Gasteiger partial charge in [0, 0.05) is 17.6 Å². The minimum Gasteiger partial charge on any atom is -0.481 e. The molecular formula is C13H13N3O4S.